The first-order valence-electron chi connectivity index (χ1n) is 6.78. The van der Waals surface area contributed by atoms with Gasteiger partial charge in [-0.2, -0.15) is 0 Å². The second-order valence-electron chi connectivity index (χ2n) is 5.05. The largest absolute Gasteiger partial charge is 0.480 e. The summed E-state index contributed by atoms with van der Waals surface area (Å²) in [5.41, 5.74) is 2.11. The lowest BCUT2D eigenvalue weighted by atomic mass is 10.0. The summed E-state index contributed by atoms with van der Waals surface area (Å²) in [6, 6.07) is 17.1. The van der Waals surface area contributed by atoms with E-state index in [4.69, 9.17) is 0 Å². The van der Waals surface area contributed by atoms with Crippen molar-refractivity contribution in [1.29, 1.82) is 0 Å². The quantitative estimate of drug-likeness (QED) is 0.868. The number of carbonyl (C=O) groups is 1. The average Bonchev–Trinajstić information content (AvgIpc) is 2.48. The van der Waals surface area contributed by atoms with Crippen LogP contribution in [-0.4, -0.2) is 29.1 Å². The summed E-state index contributed by atoms with van der Waals surface area (Å²) in [6.07, 6.45) is 0.497. The Labute approximate surface area is 133 Å². The minimum absolute atomic E-state index is 0.497. The van der Waals surface area contributed by atoms with E-state index in [2.05, 4.69) is 15.9 Å². The van der Waals surface area contributed by atoms with Crippen molar-refractivity contribution >= 4 is 21.9 Å². The van der Waals surface area contributed by atoms with Crippen LogP contribution in [0.2, 0.25) is 0 Å². The molecule has 0 saturated heterocycles. The maximum Gasteiger partial charge on any atom is 0.321 e. The molecule has 21 heavy (non-hydrogen) atoms. The van der Waals surface area contributed by atoms with Crippen LogP contribution in [0.15, 0.2) is 59.1 Å². The Hall–Kier alpha value is -1.65. The summed E-state index contributed by atoms with van der Waals surface area (Å²) in [5, 5.41) is 9.50. The van der Waals surface area contributed by atoms with Crippen LogP contribution in [-0.2, 0) is 17.8 Å². The standard InChI is InChI=1S/C17H18BrNO2/c1-19(12-14-9-5-6-10-15(14)18)16(17(20)21)11-13-7-3-2-4-8-13/h2-10,16H,11-12H2,1H3,(H,20,21)/t16-/m0/s1. The molecule has 0 aliphatic heterocycles. The zero-order chi connectivity index (χ0) is 15.2. The van der Waals surface area contributed by atoms with Crippen LogP contribution >= 0.6 is 15.9 Å². The molecule has 2 aromatic carbocycles. The summed E-state index contributed by atoms with van der Waals surface area (Å²) in [7, 11) is 1.85. The number of rotatable bonds is 6. The van der Waals surface area contributed by atoms with E-state index in [1.165, 1.54) is 0 Å². The lowest BCUT2D eigenvalue weighted by Crippen LogP contribution is -2.39. The van der Waals surface area contributed by atoms with Gasteiger partial charge in [0.25, 0.3) is 0 Å². The van der Waals surface area contributed by atoms with Crippen molar-refractivity contribution in [3.63, 3.8) is 0 Å². The Balaban J connectivity index is 2.11. The topological polar surface area (TPSA) is 40.5 Å². The molecule has 0 aliphatic carbocycles. The maximum atomic E-state index is 11.6. The molecule has 0 heterocycles. The highest BCUT2D eigenvalue weighted by atomic mass is 79.9. The van der Waals surface area contributed by atoms with Gasteiger partial charge in [-0.1, -0.05) is 64.5 Å². The predicted molar refractivity (Wildman–Crippen MR) is 87.2 cm³/mol. The highest BCUT2D eigenvalue weighted by Crippen LogP contribution is 2.19. The van der Waals surface area contributed by atoms with Gasteiger partial charge in [-0.15, -0.1) is 0 Å². The van der Waals surface area contributed by atoms with E-state index in [9.17, 15) is 9.90 Å². The molecule has 0 unspecified atom stereocenters. The highest BCUT2D eigenvalue weighted by molar-refractivity contribution is 9.10. The van der Waals surface area contributed by atoms with Crippen molar-refractivity contribution in [2.75, 3.05) is 7.05 Å². The van der Waals surface area contributed by atoms with Crippen LogP contribution in [0.25, 0.3) is 0 Å². The van der Waals surface area contributed by atoms with Crippen molar-refractivity contribution in [1.82, 2.24) is 4.90 Å². The van der Waals surface area contributed by atoms with Crippen LogP contribution in [0, 0.1) is 0 Å². The van der Waals surface area contributed by atoms with Gasteiger partial charge in [0.2, 0.25) is 0 Å². The average molecular weight is 348 g/mol. The molecule has 0 bridgehead atoms. The van der Waals surface area contributed by atoms with Gasteiger partial charge in [-0.3, -0.25) is 9.69 Å². The van der Waals surface area contributed by atoms with E-state index >= 15 is 0 Å². The number of hydrogen-bond acceptors (Lipinski definition) is 2. The van der Waals surface area contributed by atoms with Gasteiger partial charge in [0.1, 0.15) is 6.04 Å². The molecule has 0 radical (unpaired) electrons. The third-order valence-electron chi connectivity index (χ3n) is 3.47. The van der Waals surface area contributed by atoms with Crippen LogP contribution in [0.3, 0.4) is 0 Å². The molecule has 3 nitrogen and oxygen atoms in total. The molecule has 0 fully saturated rings. The molecule has 1 atom stereocenters. The van der Waals surface area contributed by atoms with Crippen molar-refractivity contribution < 1.29 is 9.90 Å². The van der Waals surface area contributed by atoms with Crippen molar-refractivity contribution in [3.05, 3.63) is 70.2 Å². The Bertz CT molecular complexity index is 601. The summed E-state index contributed by atoms with van der Waals surface area (Å²) < 4.78 is 1.00. The maximum absolute atomic E-state index is 11.6. The number of halogens is 1. The van der Waals surface area contributed by atoms with Crippen LogP contribution in [0.4, 0.5) is 0 Å². The molecule has 0 spiro atoms. The summed E-state index contributed by atoms with van der Waals surface area (Å²) in [6.45, 7) is 0.589. The fourth-order valence-electron chi connectivity index (χ4n) is 2.27. The Kier molecular flexibility index (Phi) is 5.53. The van der Waals surface area contributed by atoms with Crippen molar-refractivity contribution in [2.45, 2.75) is 19.0 Å². The van der Waals surface area contributed by atoms with Gasteiger partial charge in [-0.25, -0.2) is 0 Å². The molecule has 1 N–H and O–H groups in total. The molecule has 0 saturated carbocycles. The van der Waals surface area contributed by atoms with Gasteiger partial charge < -0.3 is 5.11 Å². The minimum atomic E-state index is -0.798. The van der Waals surface area contributed by atoms with Gasteiger partial charge in [0, 0.05) is 11.0 Å². The number of carboxylic acid groups (broad SMARTS) is 1. The van der Waals surface area contributed by atoms with Gasteiger partial charge in [0.15, 0.2) is 0 Å². The summed E-state index contributed by atoms with van der Waals surface area (Å²) >= 11 is 3.50. The molecule has 0 aromatic heterocycles. The second-order valence-corrected chi connectivity index (χ2v) is 5.90. The van der Waals surface area contributed by atoms with Crippen LogP contribution < -0.4 is 0 Å². The van der Waals surface area contributed by atoms with E-state index in [-0.39, 0.29) is 0 Å². The third kappa shape index (κ3) is 4.41. The van der Waals surface area contributed by atoms with Gasteiger partial charge in [0.05, 0.1) is 0 Å². The van der Waals surface area contributed by atoms with Crippen molar-refractivity contribution in [2.24, 2.45) is 0 Å². The molecular formula is C17H18BrNO2. The minimum Gasteiger partial charge on any atom is -0.480 e. The lowest BCUT2D eigenvalue weighted by Gasteiger charge is -2.25. The first-order valence-corrected chi connectivity index (χ1v) is 7.57. The normalized spacial score (nSPS) is 12.3. The fraction of sp³-hybridized carbons (Fsp3) is 0.235. The molecule has 0 aliphatic rings. The van der Waals surface area contributed by atoms with Crippen LogP contribution in [0.1, 0.15) is 11.1 Å². The zero-order valence-electron chi connectivity index (χ0n) is 11.9. The Morgan fingerprint density at radius 1 is 1.14 bits per heavy atom. The van der Waals surface area contributed by atoms with E-state index in [0.717, 1.165) is 15.6 Å². The Morgan fingerprint density at radius 3 is 2.38 bits per heavy atom. The predicted octanol–water partition coefficient (Wildman–Crippen LogP) is 3.58. The van der Waals surface area contributed by atoms with E-state index in [1.807, 2.05) is 66.5 Å². The number of aliphatic carboxylic acids is 1. The summed E-state index contributed by atoms with van der Waals surface area (Å²) in [5.74, 6) is -0.798. The molecule has 4 heteroatoms. The lowest BCUT2D eigenvalue weighted by molar-refractivity contribution is -0.142. The Morgan fingerprint density at radius 2 is 1.76 bits per heavy atom. The van der Waals surface area contributed by atoms with E-state index in [0.29, 0.717) is 13.0 Å². The molecule has 0 amide bonds. The fourth-order valence-corrected chi connectivity index (χ4v) is 2.68. The number of likely N-dealkylation sites (N-methyl/N-ethyl adjacent to an activating group) is 1. The van der Waals surface area contributed by atoms with Gasteiger partial charge >= 0.3 is 5.97 Å². The molecule has 110 valence electrons. The summed E-state index contributed by atoms with van der Waals surface area (Å²) in [4.78, 5) is 13.4. The number of nitrogens with zero attached hydrogens (tertiary/aromatic N) is 1. The van der Waals surface area contributed by atoms with E-state index < -0.39 is 12.0 Å². The zero-order valence-corrected chi connectivity index (χ0v) is 13.5. The van der Waals surface area contributed by atoms with Crippen LogP contribution in [0.5, 0.6) is 0 Å². The monoisotopic (exact) mass is 347 g/mol. The first-order chi connectivity index (χ1) is 10.1. The number of hydrogen-bond donors (Lipinski definition) is 1. The highest BCUT2D eigenvalue weighted by Gasteiger charge is 2.23. The molecule has 2 rings (SSSR count). The smallest absolute Gasteiger partial charge is 0.321 e. The SMILES string of the molecule is CN(Cc1ccccc1Br)[C@@H](Cc1ccccc1)C(=O)O. The number of carboxylic acids is 1. The second kappa shape index (κ2) is 7.38. The number of benzene rings is 2. The first kappa shape index (κ1) is 15.7. The van der Waals surface area contributed by atoms with E-state index in [1.54, 1.807) is 0 Å². The third-order valence-corrected chi connectivity index (χ3v) is 4.24. The molecule has 2 aromatic rings. The van der Waals surface area contributed by atoms with Gasteiger partial charge in [-0.05, 0) is 30.7 Å². The molecular weight excluding hydrogens is 330 g/mol. The van der Waals surface area contributed by atoms with Crippen molar-refractivity contribution in [3.8, 4) is 0 Å².